The number of nitrogens with zero attached hydrogens (tertiary/aromatic N) is 3. The minimum atomic E-state index is -0.760. The number of pyridine rings is 1. The van der Waals surface area contributed by atoms with Crippen molar-refractivity contribution in [3.63, 3.8) is 0 Å². The molecule has 0 radical (unpaired) electrons. The highest BCUT2D eigenvalue weighted by molar-refractivity contribution is 5.95. The molecule has 4 rings (SSSR count). The molecule has 0 bridgehead atoms. The van der Waals surface area contributed by atoms with Gasteiger partial charge in [0.05, 0.1) is 18.7 Å². The van der Waals surface area contributed by atoms with E-state index in [-0.39, 0.29) is 18.3 Å². The van der Waals surface area contributed by atoms with Gasteiger partial charge in [-0.25, -0.2) is 13.8 Å². The molecule has 7 nitrogen and oxygen atoms in total. The molecule has 2 atom stereocenters. The molecule has 1 aromatic carbocycles. The molecule has 2 aromatic heterocycles. The first-order valence-corrected chi connectivity index (χ1v) is 9.69. The van der Waals surface area contributed by atoms with Gasteiger partial charge in [0.25, 0.3) is 0 Å². The van der Waals surface area contributed by atoms with E-state index in [9.17, 15) is 18.8 Å². The van der Waals surface area contributed by atoms with Crippen LogP contribution in [0.5, 0.6) is 5.75 Å². The molecule has 2 N–H and O–H groups in total. The van der Waals surface area contributed by atoms with Gasteiger partial charge in [-0.3, -0.25) is 4.79 Å². The highest BCUT2D eigenvalue weighted by Gasteiger charge is 2.60. The Labute approximate surface area is 177 Å². The molecule has 3 aromatic rings. The summed E-state index contributed by atoms with van der Waals surface area (Å²) >= 11 is 0. The van der Waals surface area contributed by atoms with E-state index in [1.165, 1.54) is 30.5 Å². The van der Waals surface area contributed by atoms with E-state index in [0.717, 1.165) is 10.9 Å². The van der Waals surface area contributed by atoms with Gasteiger partial charge in [0.2, 0.25) is 11.7 Å². The third kappa shape index (κ3) is 4.16. The molecule has 0 unspecified atom stereocenters. The summed E-state index contributed by atoms with van der Waals surface area (Å²) in [7, 11) is 0. The van der Waals surface area contributed by atoms with Crippen LogP contribution in [-0.4, -0.2) is 27.7 Å². The van der Waals surface area contributed by atoms with E-state index in [1.807, 2.05) is 0 Å². The number of hydrogen-bond acceptors (Lipinski definition) is 5. The van der Waals surface area contributed by atoms with Gasteiger partial charge in [-0.15, -0.1) is 0 Å². The predicted octanol–water partition coefficient (Wildman–Crippen LogP) is 2.87. The minimum absolute atomic E-state index is 0.0803. The van der Waals surface area contributed by atoms with Crippen LogP contribution >= 0.6 is 0 Å². The fourth-order valence-electron chi connectivity index (χ4n) is 3.67. The van der Waals surface area contributed by atoms with Crippen molar-refractivity contribution in [2.45, 2.75) is 25.7 Å². The zero-order valence-corrected chi connectivity index (χ0v) is 17.0. The minimum Gasteiger partial charge on any atom is -0.485 e. The molecule has 0 aliphatic heterocycles. The number of benzene rings is 1. The van der Waals surface area contributed by atoms with Gasteiger partial charge in [-0.1, -0.05) is 12.1 Å². The smallest absolute Gasteiger partial charge is 0.334 e. The Morgan fingerprint density at radius 2 is 2.10 bits per heavy atom. The standard InChI is InChI=1S/C22H20F2N4O3/c1-13-19(11-28(30)14(2)26-13)31-12-22(15-4-3-5-16(23)8-15)9-18(22)21(29)27-20-7-6-17(24)10-25-20/h3-8,10-11,18H,9,12H2,1-2H3,(H-,25,27,29,30)/p+1/t18-,22+/m0/s1. The monoisotopic (exact) mass is 427 g/mol. The number of anilines is 1. The van der Waals surface area contributed by atoms with Crippen molar-refractivity contribution in [3.05, 3.63) is 77.5 Å². The summed E-state index contributed by atoms with van der Waals surface area (Å²) < 4.78 is 33.8. The third-order valence-electron chi connectivity index (χ3n) is 5.51. The van der Waals surface area contributed by atoms with E-state index in [0.29, 0.717) is 29.3 Å². The second kappa shape index (κ2) is 7.90. The molecule has 2 heterocycles. The highest BCUT2D eigenvalue weighted by Crippen LogP contribution is 2.55. The summed E-state index contributed by atoms with van der Waals surface area (Å²) in [4.78, 5) is 20.9. The maximum absolute atomic E-state index is 13.9. The fraction of sp³-hybridized carbons (Fsp3) is 0.273. The van der Waals surface area contributed by atoms with Gasteiger partial charge in [0.1, 0.15) is 17.5 Å². The van der Waals surface area contributed by atoms with Crippen LogP contribution in [0.3, 0.4) is 0 Å². The summed E-state index contributed by atoms with van der Waals surface area (Å²) in [5.41, 5.74) is 0.452. The highest BCUT2D eigenvalue weighted by atomic mass is 19.1. The first kappa shape index (κ1) is 20.6. The van der Waals surface area contributed by atoms with Crippen LogP contribution in [0, 0.1) is 31.4 Å². The largest absolute Gasteiger partial charge is 0.485 e. The Hall–Kier alpha value is -3.62. The van der Waals surface area contributed by atoms with Crippen molar-refractivity contribution >= 4 is 11.7 Å². The molecule has 0 saturated heterocycles. The normalized spacial score (nSPS) is 19.7. The Morgan fingerprint density at radius 3 is 2.81 bits per heavy atom. The molecule has 1 fully saturated rings. The number of hydrogen-bond donors (Lipinski definition) is 2. The first-order valence-electron chi connectivity index (χ1n) is 9.69. The van der Waals surface area contributed by atoms with E-state index < -0.39 is 23.0 Å². The molecule has 1 aliphatic carbocycles. The van der Waals surface area contributed by atoms with Crippen LogP contribution in [0.15, 0.2) is 48.8 Å². The molecular weight excluding hydrogens is 406 g/mol. The summed E-state index contributed by atoms with van der Waals surface area (Å²) in [6.45, 7) is 3.47. The molecule has 0 spiro atoms. The Balaban J connectivity index is 1.58. The van der Waals surface area contributed by atoms with Crippen LogP contribution in [0.2, 0.25) is 0 Å². The second-order valence-corrected chi connectivity index (χ2v) is 7.65. The van der Waals surface area contributed by atoms with Crippen molar-refractivity contribution in [1.29, 1.82) is 0 Å². The fourth-order valence-corrected chi connectivity index (χ4v) is 3.67. The maximum atomic E-state index is 13.9. The predicted molar refractivity (Wildman–Crippen MR) is 106 cm³/mol. The molecule has 1 saturated carbocycles. The molecular formula is C22H21F2N4O3+. The average molecular weight is 427 g/mol. The maximum Gasteiger partial charge on any atom is 0.334 e. The van der Waals surface area contributed by atoms with Gasteiger partial charge < -0.3 is 15.3 Å². The molecule has 9 heteroatoms. The Morgan fingerprint density at radius 1 is 1.29 bits per heavy atom. The molecule has 31 heavy (non-hydrogen) atoms. The SMILES string of the molecule is Cc1nc(C)[n+](O)cc1OC[C@@]1(c2cccc(F)c2)C[C@H]1C(=O)Nc1ccc(F)cn1. The number of carbonyl (C=O) groups is 1. The average Bonchev–Trinajstić information content (AvgIpc) is 3.48. The van der Waals surface area contributed by atoms with Crippen molar-refractivity contribution in [2.75, 3.05) is 11.9 Å². The lowest BCUT2D eigenvalue weighted by atomic mass is 9.93. The summed E-state index contributed by atoms with van der Waals surface area (Å²) in [5.74, 6) is -0.744. The number of aromatic nitrogens is 3. The summed E-state index contributed by atoms with van der Waals surface area (Å²) in [6.07, 6.45) is 2.85. The van der Waals surface area contributed by atoms with Gasteiger partial charge in [-0.05, 0) is 46.0 Å². The van der Waals surface area contributed by atoms with Crippen LogP contribution in [0.25, 0.3) is 0 Å². The summed E-state index contributed by atoms with van der Waals surface area (Å²) in [6, 6.07) is 8.64. The zero-order chi connectivity index (χ0) is 22.2. The van der Waals surface area contributed by atoms with Gasteiger partial charge in [0, 0.05) is 19.3 Å². The Bertz CT molecular complexity index is 1140. The first-order chi connectivity index (χ1) is 14.8. The second-order valence-electron chi connectivity index (χ2n) is 7.65. The lowest BCUT2D eigenvalue weighted by Crippen LogP contribution is -2.35. The number of halogens is 2. The van der Waals surface area contributed by atoms with E-state index >= 15 is 0 Å². The van der Waals surface area contributed by atoms with Crippen molar-refractivity contribution in [3.8, 4) is 5.75 Å². The van der Waals surface area contributed by atoms with Gasteiger partial charge in [0.15, 0.2) is 11.9 Å². The van der Waals surface area contributed by atoms with Gasteiger partial charge in [-0.2, -0.15) is 0 Å². The molecule has 1 amide bonds. The van der Waals surface area contributed by atoms with Crippen LogP contribution in [0.1, 0.15) is 23.5 Å². The van der Waals surface area contributed by atoms with Crippen LogP contribution < -0.4 is 14.8 Å². The Kier molecular flexibility index (Phi) is 5.26. The van der Waals surface area contributed by atoms with Gasteiger partial charge >= 0.3 is 5.82 Å². The van der Waals surface area contributed by atoms with E-state index in [2.05, 4.69) is 15.3 Å². The lowest BCUT2D eigenvalue weighted by Gasteiger charge is -2.19. The van der Waals surface area contributed by atoms with Crippen molar-refractivity contribution in [2.24, 2.45) is 5.92 Å². The number of rotatable bonds is 6. The van der Waals surface area contributed by atoms with E-state index in [4.69, 9.17) is 4.74 Å². The van der Waals surface area contributed by atoms with E-state index in [1.54, 1.807) is 26.0 Å². The zero-order valence-electron chi connectivity index (χ0n) is 17.0. The topological polar surface area (TPSA) is 88.2 Å². The summed E-state index contributed by atoms with van der Waals surface area (Å²) in [5, 5.41) is 12.5. The number of aryl methyl sites for hydroxylation is 2. The number of carbonyl (C=O) groups excluding carboxylic acids is 1. The quantitative estimate of drug-likeness (QED) is 0.467. The number of nitrogens with one attached hydrogen (secondary N) is 1. The lowest BCUT2D eigenvalue weighted by molar-refractivity contribution is -0.911. The molecule has 1 aliphatic rings. The van der Waals surface area contributed by atoms with Crippen LogP contribution in [0.4, 0.5) is 14.6 Å². The van der Waals surface area contributed by atoms with Crippen LogP contribution in [-0.2, 0) is 10.2 Å². The number of amides is 1. The third-order valence-corrected chi connectivity index (χ3v) is 5.51. The number of ether oxygens (including phenoxy) is 1. The van der Waals surface area contributed by atoms with Crippen molar-refractivity contribution in [1.82, 2.24) is 9.97 Å². The van der Waals surface area contributed by atoms with Crippen molar-refractivity contribution < 1.29 is 28.2 Å². The molecule has 160 valence electrons.